The maximum atomic E-state index is 11.8. The zero-order chi connectivity index (χ0) is 15.9. The Kier molecular flexibility index (Phi) is 6.03. The summed E-state index contributed by atoms with van der Waals surface area (Å²) in [5.74, 6) is 0.0949. The Morgan fingerprint density at radius 2 is 2.09 bits per heavy atom. The van der Waals surface area contributed by atoms with Crippen molar-refractivity contribution in [2.45, 2.75) is 18.5 Å². The molecule has 0 fully saturated rings. The molecule has 1 heterocycles. The van der Waals surface area contributed by atoms with Crippen molar-refractivity contribution in [2.75, 3.05) is 12.4 Å². The molecular formula is C15H15ClN2O3S. The van der Waals surface area contributed by atoms with Crippen molar-refractivity contribution in [3.63, 3.8) is 0 Å². The average molecular weight is 339 g/mol. The first-order valence-electron chi connectivity index (χ1n) is 6.74. The van der Waals surface area contributed by atoms with Crippen LogP contribution < -0.4 is 5.56 Å². The predicted molar refractivity (Wildman–Crippen MR) is 86.7 cm³/mol. The molecule has 116 valence electrons. The molecule has 0 aliphatic rings. The molecule has 0 saturated heterocycles. The van der Waals surface area contributed by atoms with E-state index < -0.39 is 11.5 Å². The van der Waals surface area contributed by atoms with Gasteiger partial charge in [0.2, 0.25) is 0 Å². The Morgan fingerprint density at radius 3 is 2.73 bits per heavy atom. The second kappa shape index (κ2) is 8.00. The number of aryl methyl sites for hydroxylation is 1. The molecule has 0 saturated carbocycles. The fourth-order valence-electron chi connectivity index (χ4n) is 1.73. The van der Waals surface area contributed by atoms with Crippen LogP contribution in [0.2, 0.25) is 5.02 Å². The standard InChI is InChI=1S/C15H15ClN2O3S/c1-2-21-14(20)12-9-17-15(18-13(12)19)22-8-7-10-3-5-11(16)6-4-10/h3-6,9H,2,7-8H2,1H3,(H,17,18,19). The molecule has 1 aromatic carbocycles. The van der Waals surface area contributed by atoms with Gasteiger partial charge in [0.15, 0.2) is 5.16 Å². The summed E-state index contributed by atoms with van der Waals surface area (Å²) >= 11 is 7.24. The molecule has 1 N–H and O–H groups in total. The highest BCUT2D eigenvalue weighted by Gasteiger charge is 2.13. The van der Waals surface area contributed by atoms with E-state index in [1.54, 1.807) is 6.92 Å². The highest BCUT2D eigenvalue weighted by molar-refractivity contribution is 7.99. The molecule has 2 rings (SSSR count). The van der Waals surface area contributed by atoms with Crippen molar-refractivity contribution in [2.24, 2.45) is 0 Å². The summed E-state index contributed by atoms with van der Waals surface area (Å²) in [5.41, 5.74) is 0.498. The maximum absolute atomic E-state index is 11.8. The minimum absolute atomic E-state index is 0.0797. The Hall–Kier alpha value is -1.79. The molecule has 0 radical (unpaired) electrons. The van der Waals surface area contributed by atoms with E-state index in [1.165, 1.54) is 18.0 Å². The number of nitrogens with one attached hydrogen (secondary N) is 1. The number of hydrogen-bond donors (Lipinski definition) is 1. The molecule has 0 unspecified atom stereocenters. The van der Waals surface area contributed by atoms with Crippen LogP contribution in [0.5, 0.6) is 0 Å². The first kappa shape index (κ1) is 16.6. The third-order valence-corrected chi connectivity index (χ3v) is 3.95. The van der Waals surface area contributed by atoms with Gasteiger partial charge < -0.3 is 9.72 Å². The number of hydrogen-bond acceptors (Lipinski definition) is 5. The van der Waals surface area contributed by atoms with Crippen LogP contribution in [0.1, 0.15) is 22.8 Å². The van der Waals surface area contributed by atoms with Gasteiger partial charge in [-0.3, -0.25) is 4.79 Å². The molecule has 0 spiro atoms. The van der Waals surface area contributed by atoms with Crippen LogP contribution in [0.3, 0.4) is 0 Å². The average Bonchev–Trinajstić information content (AvgIpc) is 2.49. The number of thioether (sulfide) groups is 1. The van der Waals surface area contributed by atoms with E-state index in [9.17, 15) is 9.59 Å². The monoisotopic (exact) mass is 338 g/mol. The van der Waals surface area contributed by atoms with Crippen LogP contribution in [0, 0.1) is 0 Å². The van der Waals surface area contributed by atoms with Crippen LogP contribution in [0.4, 0.5) is 0 Å². The first-order chi connectivity index (χ1) is 10.6. The van der Waals surface area contributed by atoms with Gasteiger partial charge in [-0.05, 0) is 31.0 Å². The molecule has 22 heavy (non-hydrogen) atoms. The number of rotatable bonds is 6. The van der Waals surface area contributed by atoms with Crippen molar-refractivity contribution in [3.8, 4) is 0 Å². The van der Waals surface area contributed by atoms with Crippen LogP contribution in [0.15, 0.2) is 40.4 Å². The zero-order valence-corrected chi connectivity index (χ0v) is 13.5. The summed E-state index contributed by atoms with van der Waals surface area (Å²) in [7, 11) is 0. The SMILES string of the molecule is CCOC(=O)c1c[nH]c(SCCc2ccc(Cl)cc2)nc1=O. The third-order valence-electron chi connectivity index (χ3n) is 2.81. The lowest BCUT2D eigenvalue weighted by molar-refractivity contribution is 0.0523. The van der Waals surface area contributed by atoms with E-state index in [0.29, 0.717) is 10.2 Å². The van der Waals surface area contributed by atoms with Crippen molar-refractivity contribution in [1.29, 1.82) is 0 Å². The Bertz CT molecular complexity index is 701. The summed E-state index contributed by atoms with van der Waals surface area (Å²) in [4.78, 5) is 30.0. The third kappa shape index (κ3) is 4.61. The van der Waals surface area contributed by atoms with Crippen LogP contribution in [-0.2, 0) is 11.2 Å². The lowest BCUT2D eigenvalue weighted by atomic mass is 10.2. The summed E-state index contributed by atoms with van der Waals surface area (Å²) < 4.78 is 4.78. The van der Waals surface area contributed by atoms with E-state index in [0.717, 1.165) is 17.7 Å². The lowest BCUT2D eigenvalue weighted by Crippen LogP contribution is -2.20. The summed E-state index contributed by atoms with van der Waals surface area (Å²) in [6.45, 7) is 1.90. The van der Waals surface area contributed by atoms with E-state index in [2.05, 4.69) is 9.97 Å². The lowest BCUT2D eigenvalue weighted by Gasteiger charge is -2.03. The fourth-order valence-corrected chi connectivity index (χ4v) is 2.67. The van der Waals surface area contributed by atoms with E-state index in [1.807, 2.05) is 24.3 Å². The van der Waals surface area contributed by atoms with E-state index in [-0.39, 0.29) is 12.2 Å². The smallest absolute Gasteiger partial charge is 0.345 e. The second-order valence-electron chi connectivity index (χ2n) is 4.37. The Labute approximate surface area is 137 Å². The molecule has 5 nitrogen and oxygen atoms in total. The molecule has 0 aliphatic heterocycles. The van der Waals surface area contributed by atoms with Gasteiger partial charge in [0.05, 0.1) is 6.61 Å². The van der Waals surface area contributed by atoms with Gasteiger partial charge in [0.1, 0.15) is 5.56 Å². The first-order valence-corrected chi connectivity index (χ1v) is 8.10. The number of halogens is 1. The molecule has 0 amide bonds. The number of H-pyrrole nitrogens is 1. The molecular weight excluding hydrogens is 324 g/mol. The van der Waals surface area contributed by atoms with Gasteiger partial charge >= 0.3 is 5.97 Å². The van der Waals surface area contributed by atoms with E-state index in [4.69, 9.17) is 16.3 Å². The number of nitrogens with zero attached hydrogens (tertiary/aromatic N) is 1. The van der Waals surface area contributed by atoms with Gasteiger partial charge in [-0.1, -0.05) is 35.5 Å². The zero-order valence-electron chi connectivity index (χ0n) is 12.0. The highest BCUT2D eigenvalue weighted by atomic mass is 35.5. The number of benzene rings is 1. The van der Waals surface area contributed by atoms with Crippen molar-refractivity contribution < 1.29 is 9.53 Å². The second-order valence-corrected chi connectivity index (χ2v) is 5.89. The summed E-state index contributed by atoms with van der Waals surface area (Å²) in [6, 6.07) is 7.61. The molecule has 2 aromatic rings. The van der Waals surface area contributed by atoms with Crippen LogP contribution >= 0.6 is 23.4 Å². The van der Waals surface area contributed by atoms with Gasteiger partial charge in [-0.2, -0.15) is 4.98 Å². The van der Waals surface area contributed by atoms with Crippen LogP contribution in [-0.4, -0.2) is 28.3 Å². The number of esters is 1. The van der Waals surface area contributed by atoms with Gasteiger partial charge in [-0.15, -0.1) is 0 Å². The number of aromatic amines is 1. The van der Waals surface area contributed by atoms with Crippen molar-refractivity contribution >= 4 is 29.3 Å². The molecule has 0 bridgehead atoms. The summed E-state index contributed by atoms with van der Waals surface area (Å²) in [5, 5.41) is 1.18. The minimum atomic E-state index is -0.658. The fraction of sp³-hybridized carbons (Fsp3) is 0.267. The number of ether oxygens (including phenoxy) is 1. The number of aromatic nitrogens is 2. The molecule has 1 aromatic heterocycles. The van der Waals surface area contributed by atoms with Gasteiger partial charge in [-0.25, -0.2) is 4.79 Å². The Morgan fingerprint density at radius 1 is 1.36 bits per heavy atom. The predicted octanol–water partition coefficient (Wildman–Crippen LogP) is 2.93. The largest absolute Gasteiger partial charge is 0.462 e. The quantitative estimate of drug-likeness (QED) is 0.498. The maximum Gasteiger partial charge on any atom is 0.345 e. The Balaban J connectivity index is 1.93. The van der Waals surface area contributed by atoms with Crippen molar-refractivity contribution in [1.82, 2.24) is 9.97 Å². The molecule has 7 heteroatoms. The number of carbonyl (C=O) groups excluding carboxylic acids is 1. The topological polar surface area (TPSA) is 72.1 Å². The van der Waals surface area contributed by atoms with Crippen LogP contribution in [0.25, 0.3) is 0 Å². The summed E-state index contributed by atoms with van der Waals surface area (Å²) in [6.07, 6.45) is 2.17. The van der Waals surface area contributed by atoms with Gasteiger partial charge in [0.25, 0.3) is 5.56 Å². The molecule has 0 atom stereocenters. The minimum Gasteiger partial charge on any atom is -0.462 e. The van der Waals surface area contributed by atoms with Gasteiger partial charge in [0, 0.05) is 17.0 Å². The normalized spacial score (nSPS) is 10.5. The van der Waals surface area contributed by atoms with Crippen molar-refractivity contribution in [3.05, 3.63) is 57.0 Å². The molecule has 0 aliphatic carbocycles. The number of carbonyl (C=O) groups is 1. The van der Waals surface area contributed by atoms with E-state index >= 15 is 0 Å². The highest BCUT2D eigenvalue weighted by Crippen LogP contribution is 2.15.